The number of hydrogen-bond acceptors (Lipinski definition) is 0. The van der Waals surface area contributed by atoms with Crippen molar-refractivity contribution in [1.82, 2.24) is 0 Å². The Labute approximate surface area is 119 Å². The maximum Gasteiger partial charge on any atom is 0.126 e. The number of hydrogen-bond donors (Lipinski definition) is 0. The highest BCUT2D eigenvalue weighted by molar-refractivity contribution is 14.1. The van der Waals surface area contributed by atoms with Crippen molar-refractivity contribution in [2.75, 3.05) is 0 Å². The highest BCUT2D eigenvalue weighted by atomic mass is 127. The summed E-state index contributed by atoms with van der Waals surface area (Å²) in [5.74, 6) is -0.191. The standard InChI is InChI=1S/C14H11ClFI/c15-13(10-5-7-12(17)8-6-10)9-11-3-1-2-4-14(11)16/h1-8,13H,9H2. The molecule has 0 bridgehead atoms. The van der Waals surface area contributed by atoms with Gasteiger partial charge in [0.1, 0.15) is 5.82 Å². The van der Waals surface area contributed by atoms with Crippen LogP contribution in [-0.4, -0.2) is 0 Å². The zero-order valence-electron chi connectivity index (χ0n) is 9.04. The molecule has 0 saturated carbocycles. The van der Waals surface area contributed by atoms with Crippen molar-refractivity contribution in [2.24, 2.45) is 0 Å². The Morgan fingerprint density at radius 1 is 1.06 bits per heavy atom. The van der Waals surface area contributed by atoms with E-state index in [2.05, 4.69) is 22.6 Å². The zero-order valence-corrected chi connectivity index (χ0v) is 12.0. The van der Waals surface area contributed by atoms with Crippen molar-refractivity contribution in [3.05, 3.63) is 69.0 Å². The third-order valence-electron chi connectivity index (χ3n) is 2.59. The van der Waals surface area contributed by atoms with Crippen molar-refractivity contribution in [3.63, 3.8) is 0 Å². The van der Waals surface area contributed by atoms with Gasteiger partial charge in [-0.1, -0.05) is 30.3 Å². The van der Waals surface area contributed by atoms with Gasteiger partial charge in [0.25, 0.3) is 0 Å². The van der Waals surface area contributed by atoms with Crippen LogP contribution in [0.15, 0.2) is 48.5 Å². The Hall–Kier alpha value is -0.610. The Morgan fingerprint density at radius 2 is 1.71 bits per heavy atom. The topological polar surface area (TPSA) is 0 Å². The molecule has 0 radical (unpaired) electrons. The second kappa shape index (κ2) is 5.83. The molecule has 3 heteroatoms. The van der Waals surface area contributed by atoms with Crippen molar-refractivity contribution in [1.29, 1.82) is 0 Å². The molecular formula is C14H11ClFI. The van der Waals surface area contributed by atoms with Crippen LogP contribution in [-0.2, 0) is 6.42 Å². The third-order valence-corrected chi connectivity index (χ3v) is 3.71. The number of rotatable bonds is 3. The minimum Gasteiger partial charge on any atom is -0.207 e. The lowest BCUT2D eigenvalue weighted by atomic mass is 10.0. The van der Waals surface area contributed by atoms with E-state index in [-0.39, 0.29) is 11.2 Å². The van der Waals surface area contributed by atoms with Crippen LogP contribution in [0.4, 0.5) is 4.39 Å². The van der Waals surface area contributed by atoms with E-state index in [4.69, 9.17) is 11.6 Å². The van der Waals surface area contributed by atoms with E-state index >= 15 is 0 Å². The van der Waals surface area contributed by atoms with E-state index in [1.807, 2.05) is 30.3 Å². The number of benzene rings is 2. The van der Waals surface area contributed by atoms with Crippen LogP contribution >= 0.6 is 34.2 Å². The van der Waals surface area contributed by atoms with Gasteiger partial charge in [-0.2, -0.15) is 0 Å². The molecule has 1 atom stereocenters. The normalized spacial score (nSPS) is 12.4. The number of alkyl halides is 1. The summed E-state index contributed by atoms with van der Waals surface area (Å²) in [6, 6.07) is 14.7. The largest absolute Gasteiger partial charge is 0.207 e. The van der Waals surface area contributed by atoms with Crippen molar-refractivity contribution >= 4 is 34.2 Å². The Bertz CT molecular complexity index is 496. The predicted octanol–water partition coefficient (Wildman–Crippen LogP) is 4.95. The van der Waals surface area contributed by atoms with E-state index < -0.39 is 0 Å². The second-order valence-electron chi connectivity index (χ2n) is 3.81. The van der Waals surface area contributed by atoms with Crippen LogP contribution in [0, 0.1) is 9.39 Å². The summed E-state index contributed by atoms with van der Waals surface area (Å²) in [5.41, 5.74) is 1.68. The molecule has 1 unspecified atom stereocenters. The Morgan fingerprint density at radius 3 is 2.35 bits per heavy atom. The van der Waals surface area contributed by atoms with Crippen LogP contribution in [0.5, 0.6) is 0 Å². The molecule has 0 aliphatic heterocycles. The summed E-state index contributed by atoms with van der Waals surface area (Å²) in [6.45, 7) is 0. The average Bonchev–Trinajstić information content (AvgIpc) is 2.33. The molecule has 0 fully saturated rings. The molecule has 0 nitrogen and oxygen atoms in total. The van der Waals surface area contributed by atoms with Gasteiger partial charge in [-0.05, 0) is 58.3 Å². The van der Waals surface area contributed by atoms with Crippen molar-refractivity contribution in [2.45, 2.75) is 11.8 Å². The molecule has 0 saturated heterocycles. The first kappa shape index (κ1) is 12.8. The van der Waals surface area contributed by atoms with Gasteiger partial charge in [0.2, 0.25) is 0 Å². The fourth-order valence-electron chi connectivity index (χ4n) is 1.65. The first-order valence-corrected chi connectivity index (χ1v) is 6.81. The van der Waals surface area contributed by atoms with Crippen LogP contribution in [0.25, 0.3) is 0 Å². The SMILES string of the molecule is Fc1ccccc1CC(Cl)c1ccc(I)cc1. The average molecular weight is 361 g/mol. The molecule has 0 N–H and O–H groups in total. The second-order valence-corrected chi connectivity index (χ2v) is 5.59. The molecule has 0 aliphatic carbocycles. The maximum atomic E-state index is 13.5. The van der Waals surface area contributed by atoms with Gasteiger partial charge in [0, 0.05) is 3.57 Å². The summed E-state index contributed by atoms with van der Waals surface area (Å²) in [4.78, 5) is 0. The molecule has 0 spiro atoms. The van der Waals surface area contributed by atoms with Gasteiger partial charge >= 0.3 is 0 Å². The fraction of sp³-hybridized carbons (Fsp3) is 0.143. The Kier molecular flexibility index (Phi) is 4.40. The van der Waals surface area contributed by atoms with Gasteiger partial charge in [-0.3, -0.25) is 0 Å². The van der Waals surface area contributed by atoms with E-state index in [0.717, 1.165) is 5.56 Å². The van der Waals surface area contributed by atoms with Gasteiger partial charge in [0.05, 0.1) is 5.38 Å². The van der Waals surface area contributed by atoms with Crippen LogP contribution in [0.3, 0.4) is 0 Å². The minimum atomic E-state index is -0.191. The van der Waals surface area contributed by atoms with Gasteiger partial charge in [0.15, 0.2) is 0 Å². The van der Waals surface area contributed by atoms with Crippen LogP contribution in [0.1, 0.15) is 16.5 Å². The summed E-state index contributed by atoms with van der Waals surface area (Å²) >= 11 is 8.54. The molecule has 2 aromatic carbocycles. The molecule has 0 aliphatic rings. The predicted molar refractivity (Wildman–Crippen MR) is 77.9 cm³/mol. The monoisotopic (exact) mass is 360 g/mol. The van der Waals surface area contributed by atoms with E-state index in [0.29, 0.717) is 12.0 Å². The van der Waals surface area contributed by atoms with E-state index in [9.17, 15) is 4.39 Å². The Balaban J connectivity index is 2.14. The first-order valence-electron chi connectivity index (χ1n) is 5.30. The molecule has 2 aromatic rings. The van der Waals surface area contributed by atoms with Crippen LogP contribution in [0.2, 0.25) is 0 Å². The lowest BCUT2D eigenvalue weighted by Gasteiger charge is -2.10. The zero-order chi connectivity index (χ0) is 12.3. The first-order chi connectivity index (χ1) is 8.16. The lowest BCUT2D eigenvalue weighted by molar-refractivity contribution is 0.607. The smallest absolute Gasteiger partial charge is 0.126 e. The maximum absolute atomic E-state index is 13.5. The third kappa shape index (κ3) is 3.42. The van der Waals surface area contributed by atoms with Gasteiger partial charge in [-0.25, -0.2) is 4.39 Å². The highest BCUT2D eigenvalue weighted by Gasteiger charge is 2.11. The van der Waals surface area contributed by atoms with Crippen molar-refractivity contribution < 1.29 is 4.39 Å². The quantitative estimate of drug-likeness (QED) is 0.536. The van der Waals surface area contributed by atoms with Crippen LogP contribution < -0.4 is 0 Å². The van der Waals surface area contributed by atoms with Gasteiger partial charge < -0.3 is 0 Å². The van der Waals surface area contributed by atoms with E-state index in [1.54, 1.807) is 12.1 Å². The van der Waals surface area contributed by atoms with Crippen molar-refractivity contribution in [3.8, 4) is 0 Å². The number of halogens is 3. The molecule has 2 rings (SSSR count). The lowest BCUT2D eigenvalue weighted by Crippen LogP contribution is -1.98. The summed E-state index contributed by atoms with van der Waals surface area (Å²) < 4.78 is 14.6. The fourth-order valence-corrected chi connectivity index (χ4v) is 2.32. The highest BCUT2D eigenvalue weighted by Crippen LogP contribution is 2.26. The molecule has 17 heavy (non-hydrogen) atoms. The molecule has 0 amide bonds. The molecule has 0 heterocycles. The summed E-state index contributed by atoms with van der Waals surface area (Å²) in [5, 5.41) is -0.191. The van der Waals surface area contributed by atoms with Gasteiger partial charge in [-0.15, -0.1) is 11.6 Å². The molecular weight excluding hydrogens is 350 g/mol. The minimum absolute atomic E-state index is 0.191. The summed E-state index contributed by atoms with van der Waals surface area (Å²) in [7, 11) is 0. The molecule has 88 valence electrons. The van der Waals surface area contributed by atoms with E-state index in [1.165, 1.54) is 9.64 Å². The molecule has 0 aromatic heterocycles. The summed E-state index contributed by atoms with van der Waals surface area (Å²) in [6.07, 6.45) is 0.509.